The number of ether oxygens (including phenoxy) is 3. The number of amides is 2. The van der Waals surface area contributed by atoms with Crippen LogP contribution in [-0.4, -0.2) is 61.6 Å². The highest BCUT2D eigenvalue weighted by Crippen LogP contribution is 2.29. The predicted molar refractivity (Wildman–Crippen MR) is 117 cm³/mol. The second-order valence-corrected chi connectivity index (χ2v) is 7.61. The maximum absolute atomic E-state index is 13.1. The van der Waals surface area contributed by atoms with Crippen molar-refractivity contribution in [2.24, 2.45) is 5.92 Å². The molecule has 2 amide bonds. The number of esters is 1. The Morgan fingerprint density at radius 3 is 2.69 bits per heavy atom. The molecule has 0 bridgehead atoms. The van der Waals surface area contributed by atoms with Crippen molar-refractivity contribution < 1.29 is 28.6 Å². The van der Waals surface area contributed by atoms with Crippen molar-refractivity contribution in [1.29, 1.82) is 0 Å². The maximum atomic E-state index is 13.1. The number of piperidine rings is 1. The molecule has 2 aromatic rings. The molecule has 1 aliphatic rings. The van der Waals surface area contributed by atoms with Crippen molar-refractivity contribution in [2.75, 3.05) is 39.2 Å². The third kappa shape index (κ3) is 5.88. The van der Waals surface area contributed by atoms with E-state index in [4.69, 9.17) is 21.1 Å². The van der Waals surface area contributed by atoms with Crippen LogP contribution in [0, 0.1) is 5.92 Å². The first-order valence-electron chi connectivity index (χ1n) is 10.0. The summed E-state index contributed by atoms with van der Waals surface area (Å²) in [4.78, 5) is 42.7. The van der Waals surface area contributed by atoms with Crippen molar-refractivity contribution in [3.63, 3.8) is 0 Å². The summed E-state index contributed by atoms with van der Waals surface area (Å²) in [5, 5.41) is 3.25. The first kappa shape index (κ1) is 23.3. The Morgan fingerprint density at radius 2 is 2.00 bits per heavy atom. The minimum atomic E-state index is -0.529. The van der Waals surface area contributed by atoms with Gasteiger partial charge in [-0.25, -0.2) is 9.78 Å². The number of hydrogen-bond acceptors (Lipinski definition) is 7. The van der Waals surface area contributed by atoms with Gasteiger partial charge in [0.25, 0.3) is 5.91 Å². The maximum Gasteiger partial charge on any atom is 0.343 e. The minimum Gasteiger partial charge on any atom is -0.493 e. The van der Waals surface area contributed by atoms with Crippen LogP contribution in [0.4, 0.5) is 5.82 Å². The van der Waals surface area contributed by atoms with Gasteiger partial charge in [0, 0.05) is 24.8 Å². The van der Waals surface area contributed by atoms with Crippen LogP contribution in [0.15, 0.2) is 36.5 Å². The molecule has 0 saturated carbocycles. The molecule has 1 unspecified atom stereocenters. The van der Waals surface area contributed by atoms with Crippen LogP contribution in [0.3, 0.4) is 0 Å². The summed E-state index contributed by atoms with van der Waals surface area (Å²) >= 11 is 5.82. The molecule has 9 nitrogen and oxygen atoms in total. The number of nitrogens with zero attached hydrogens (tertiary/aromatic N) is 2. The molecule has 1 aromatic carbocycles. The number of hydrogen-bond donors (Lipinski definition) is 1. The largest absolute Gasteiger partial charge is 0.493 e. The van der Waals surface area contributed by atoms with E-state index in [-0.39, 0.29) is 24.3 Å². The smallest absolute Gasteiger partial charge is 0.343 e. The van der Waals surface area contributed by atoms with Gasteiger partial charge in [-0.15, -0.1) is 0 Å². The fourth-order valence-corrected chi connectivity index (χ4v) is 3.46. The lowest BCUT2D eigenvalue weighted by atomic mass is 9.96. The fraction of sp³-hybridized carbons (Fsp3) is 0.364. The number of nitrogens with one attached hydrogen (secondary N) is 1. The van der Waals surface area contributed by atoms with Gasteiger partial charge >= 0.3 is 5.97 Å². The summed E-state index contributed by atoms with van der Waals surface area (Å²) in [6.45, 7) is 0.567. The number of likely N-dealkylation sites (tertiary alicyclic amines) is 1. The lowest BCUT2D eigenvalue weighted by molar-refractivity contribution is -0.142. The monoisotopic (exact) mass is 461 g/mol. The van der Waals surface area contributed by atoms with Crippen LogP contribution in [-0.2, 0) is 14.3 Å². The first-order chi connectivity index (χ1) is 15.4. The van der Waals surface area contributed by atoms with Gasteiger partial charge in [0.2, 0.25) is 5.91 Å². The minimum absolute atomic E-state index is 0.193. The van der Waals surface area contributed by atoms with Crippen molar-refractivity contribution in [3.8, 4) is 11.5 Å². The van der Waals surface area contributed by atoms with Crippen LogP contribution in [0.1, 0.15) is 23.2 Å². The van der Waals surface area contributed by atoms with E-state index in [9.17, 15) is 14.4 Å². The van der Waals surface area contributed by atoms with E-state index in [1.165, 1.54) is 20.4 Å². The highest BCUT2D eigenvalue weighted by Gasteiger charge is 2.29. The molecule has 10 heteroatoms. The Labute approximate surface area is 190 Å². The van der Waals surface area contributed by atoms with Crippen molar-refractivity contribution >= 4 is 35.2 Å². The average molecular weight is 462 g/mol. The second kappa shape index (κ2) is 10.8. The van der Waals surface area contributed by atoms with Crippen LogP contribution >= 0.6 is 11.6 Å². The second-order valence-electron chi connectivity index (χ2n) is 7.17. The van der Waals surface area contributed by atoms with E-state index in [0.29, 0.717) is 53.8 Å². The van der Waals surface area contributed by atoms with Gasteiger partial charge in [0.05, 0.1) is 25.2 Å². The summed E-state index contributed by atoms with van der Waals surface area (Å²) in [5.74, 6) is -0.240. The molecule has 1 aromatic heterocycles. The molecule has 32 heavy (non-hydrogen) atoms. The zero-order valence-electron chi connectivity index (χ0n) is 17.8. The molecule has 1 N–H and O–H groups in total. The summed E-state index contributed by atoms with van der Waals surface area (Å²) in [6.07, 6.45) is 2.84. The van der Waals surface area contributed by atoms with Crippen molar-refractivity contribution in [2.45, 2.75) is 12.8 Å². The molecule has 1 fully saturated rings. The van der Waals surface area contributed by atoms with Crippen LogP contribution in [0.2, 0.25) is 5.02 Å². The number of aromatic nitrogens is 1. The molecule has 170 valence electrons. The van der Waals surface area contributed by atoms with E-state index in [1.807, 2.05) is 0 Å². The molecule has 1 atom stereocenters. The third-order valence-corrected chi connectivity index (χ3v) is 5.27. The number of carbonyl (C=O) groups excluding carboxylic acids is 3. The van der Waals surface area contributed by atoms with Crippen LogP contribution in [0.25, 0.3) is 0 Å². The van der Waals surface area contributed by atoms with E-state index >= 15 is 0 Å². The zero-order chi connectivity index (χ0) is 23.1. The molecule has 1 aliphatic heterocycles. The summed E-state index contributed by atoms with van der Waals surface area (Å²) in [7, 11) is 2.71. The van der Waals surface area contributed by atoms with Gasteiger partial charge in [0.15, 0.2) is 18.1 Å². The van der Waals surface area contributed by atoms with E-state index in [2.05, 4.69) is 15.0 Å². The molecular formula is C22H24ClN3O6. The van der Waals surface area contributed by atoms with Gasteiger partial charge in [-0.05, 0) is 43.2 Å². The number of carbonyl (C=O) groups is 3. The first-order valence-corrected chi connectivity index (χ1v) is 10.4. The van der Waals surface area contributed by atoms with E-state index in [1.54, 1.807) is 35.2 Å². The normalized spacial score (nSPS) is 15.6. The Kier molecular flexibility index (Phi) is 7.88. The number of anilines is 1. The van der Waals surface area contributed by atoms with Crippen LogP contribution < -0.4 is 14.8 Å². The number of rotatable bonds is 7. The van der Waals surface area contributed by atoms with Crippen molar-refractivity contribution in [3.05, 3.63) is 47.1 Å². The SMILES string of the molecule is COC(=O)COc1ccc(C(=O)N2CCCC(C(=O)Nc3ccc(Cl)cn3)C2)cc1OC. The van der Waals surface area contributed by atoms with E-state index in [0.717, 1.165) is 0 Å². The Bertz CT molecular complexity index is 982. The molecule has 3 rings (SSSR count). The van der Waals surface area contributed by atoms with E-state index < -0.39 is 5.97 Å². The zero-order valence-corrected chi connectivity index (χ0v) is 18.6. The lowest BCUT2D eigenvalue weighted by Crippen LogP contribution is -2.43. The third-order valence-electron chi connectivity index (χ3n) is 5.04. The standard InChI is InChI=1S/C22H24ClN3O6/c1-30-18-10-14(5-7-17(18)32-13-20(27)31-2)22(29)26-9-3-4-15(12-26)21(28)25-19-8-6-16(23)11-24-19/h5-8,10-11,15H,3-4,9,12-13H2,1-2H3,(H,24,25,28). The lowest BCUT2D eigenvalue weighted by Gasteiger charge is -2.32. The summed E-state index contributed by atoms with van der Waals surface area (Å²) in [5.41, 5.74) is 0.396. The predicted octanol–water partition coefficient (Wildman–Crippen LogP) is 2.79. The molecule has 2 heterocycles. The Balaban J connectivity index is 1.65. The highest BCUT2D eigenvalue weighted by atomic mass is 35.5. The topological polar surface area (TPSA) is 107 Å². The van der Waals surface area contributed by atoms with Crippen molar-refractivity contribution in [1.82, 2.24) is 9.88 Å². The molecule has 1 saturated heterocycles. The van der Waals surface area contributed by atoms with Gasteiger partial charge in [0.1, 0.15) is 5.82 Å². The molecule has 0 spiro atoms. The van der Waals surface area contributed by atoms with Gasteiger partial charge in [-0.2, -0.15) is 0 Å². The quantitative estimate of drug-likeness (QED) is 0.632. The number of halogens is 1. The van der Waals surface area contributed by atoms with Gasteiger partial charge in [-0.1, -0.05) is 11.6 Å². The molecular weight excluding hydrogens is 438 g/mol. The Morgan fingerprint density at radius 1 is 1.19 bits per heavy atom. The summed E-state index contributed by atoms with van der Waals surface area (Å²) < 4.78 is 15.2. The molecule has 0 aliphatic carbocycles. The van der Waals surface area contributed by atoms with Gasteiger partial charge < -0.3 is 24.4 Å². The number of pyridine rings is 1. The molecule has 0 radical (unpaired) electrons. The Hall–Kier alpha value is -3.33. The highest BCUT2D eigenvalue weighted by molar-refractivity contribution is 6.30. The fourth-order valence-electron chi connectivity index (χ4n) is 3.35. The van der Waals surface area contributed by atoms with Gasteiger partial charge in [-0.3, -0.25) is 9.59 Å². The number of methoxy groups -OCH3 is 2. The van der Waals surface area contributed by atoms with Crippen LogP contribution in [0.5, 0.6) is 11.5 Å². The summed E-state index contributed by atoms with van der Waals surface area (Å²) in [6, 6.07) is 7.99. The average Bonchev–Trinajstić information content (AvgIpc) is 2.83. The number of benzene rings is 1.